The first-order valence-electron chi connectivity index (χ1n) is 5.75. The van der Waals surface area contributed by atoms with Crippen LogP contribution in [0.15, 0.2) is 12.3 Å². The molecule has 2 aromatic heterocycles. The predicted octanol–water partition coefficient (Wildman–Crippen LogP) is 0.535. The van der Waals surface area contributed by atoms with Crippen molar-refractivity contribution in [3.63, 3.8) is 0 Å². The molecule has 0 saturated carbocycles. The van der Waals surface area contributed by atoms with E-state index in [-0.39, 0.29) is 5.95 Å². The topological polar surface area (TPSA) is 116 Å². The molecular formula is C11H14N6O. The molecule has 0 radical (unpaired) electrons. The number of nitrogens with one attached hydrogen (secondary N) is 1. The summed E-state index contributed by atoms with van der Waals surface area (Å²) in [4.78, 5) is 7.85. The van der Waals surface area contributed by atoms with Gasteiger partial charge >= 0.3 is 0 Å². The minimum Gasteiger partial charge on any atom is -0.383 e. The van der Waals surface area contributed by atoms with Crippen LogP contribution in [0.3, 0.4) is 0 Å². The Hall–Kier alpha value is -2.15. The third kappa shape index (κ3) is 1.88. The Labute approximate surface area is 104 Å². The average molecular weight is 246 g/mol. The summed E-state index contributed by atoms with van der Waals surface area (Å²) >= 11 is 0. The molecule has 0 aromatic carbocycles. The Balaban J connectivity index is 1.92. The molecule has 18 heavy (non-hydrogen) atoms. The minimum atomic E-state index is 0.163. The number of rotatable bonds is 2. The first-order chi connectivity index (χ1) is 8.74. The summed E-state index contributed by atoms with van der Waals surface area (Å²) < 4.78 is 5.35. The number of H-pyrrole nitrogens is 1. The molecule has 1 saturated heterocycles. The monoisotopic (exact) mass is 246 g/mol. The van der Waals surface area contributed by atoms with Gasteiger partial charge in [-0.1, -0.05) is 0 Å². The van der Waals surface area contributed by atoms with Crippen LogP contribution in [0.2, 0.25) is 0 Å². The lowest BCUT2D eigenvalue weighted by Gasteiger charge is -2.02. The number of ether oxygens (including phenoxy) is 1. The Kier molecular flexibility index (Phi) is 2.60. The Morgan fingerprint density at radius 3 is 3.00 bits per heavy atom. The number of hydrogen-bond acceptors (Lipinski definition) is 6. The van der Waals surface area contributed by atoms with Crippen LogP contribution in [0.25, 0.3) is 11.3 Å². The molecule has 1 aliphatic heterocycles. The van der Waals surface area contributed by atoms with Crippen molar-refractivity contribution >= 4 is 11.8 Å². The summed E-state index contributed by atoms with van der Waals surface area (Å²) in [6.45, 7) is 1.53. The average Bonchev–Trinajstić information content (AvgIpc) is 2.99. The highest BCUT2D eigenvalue weighted by molar-refractivity contribution is 5.70. The number of nitrogens with two attached hydrogens (primary N) is 2. The fourth-order valence-corrected chi connectivity index (χ4v) is 2.07. The summed E-state index contributed by atoms with van der Waals surface area (Å²) in [5, 5.41) is 7.26. The summed E-state index contributed by atoms with van der Waals surface area (Å²) in [7, 11) is 0. The van der Waals surface area contributed by atoms with Crippen molar-refractivity contribution in [2.75, 3.05) is 24.7 Å². The van der Waals surface area contributed by atoms with E-state index in [1.807, 2.05) is 6.07 Å². The zero-order chi connectivity index (χ0) is 12.5. The van der Waals surface area contributed by atoms with Crippen LogP contribution in [0.4, 0.5) is 11.8 Å². The fraction of sp³-hybridized carbons (Fsp3) is 0.364. The molecule has 0 spiro atoms. The molecule has 7 nitrogen and oxygen atoms in total. The van der Waals surface area contributed by atoms with Gasteiger partial charge in [0.05, 0.1) is 17.9 Å². The summed E-state index contributed by atoms with van der Waals surface area (Å²) in [6.07, 6.45) is 2.60. The van der Waals surface area contributed by atoms with E-state index in [4.69, 9.17) is 16.2 Å². The van der Waals surface area contributed by atoms with Gasteiger partial charge in [0.15, 0.2) is 0 Å². The van der Waals surface area contributed by atoms with Crippen molar-refractivity contribution in [2.24, 2.45) is 0 Å². The lowest BCUT2D eigenvalue weighted by atomic mass is 10.0. The Morgan fingerprint density at radius 2 is 2.28 bits per heavy atom. The number of aromatic amines is 1. The van der Waals surface area contributed by atoms with Crippen LogP contribution in [0.5, 0.6) is 0 Å². The number of nitrogen functional groups attached to an aromatic ring is 2. The van der Waals surface area contributed by atoms with Gasteiger partial charge in [-0.25, -0.2) is 4.98 Å². The van der Waals surface area contributed by atoms with Gasteiger partial charge < -0.3 is 16.2 Å². The standard InChI is InChI=1S/C11H14N6O/c12-10-7(4-14-11(13)15-10)9-3-8(16-17-9)6-1-2-18-5-6/h3-4,6H,1-2,5H2,(H,16,17)(H4,12,13,14,15). The maximum Gasteiger partial charge on any atom is 0.221 e. The largest absolute Gasteiger partial charge is 0.383 e. The summed E-state index contributed by atoms with van der Waals surface area (Å²) in [5.41, 5.74) is 13.7. The van der Waals surface area contributed by atoms with E-state index in [2.05, 4.69) is 20.2 Å². The zero-order valence-corrected chi connectivity index (χ0v) is 9.76. The predicted molar refractivity (Wildman–Crippen MR) is 66.6 cm³/mol. The molecule has 94 valence electrons. The SMILES string of the molecule is Nc1ncc(-c2cc(C3CCOC3)[nH]n2)c(N)n1. The van der Waals surface area contributed by atoms with E-state index in [1.165, 1.54) is 0 Å². The zero-order valence-electron chi connectivity index (χ0n) is 9.76. The molecule has 0 bridgehead atoms. The maximum absolute atomic E-state index is 5.81. The summed E-state index contributed by atoms with van der Waals surface area (Å²) in [5.74, 6) is 0.876. The molecule has 7 heteroatoms. The highest BCUT2D eigenvalue weighted by Crippen LogP contribution is 2.28. The third-order valence-electron chi connectivity index (χ3n) is 3.08. The van der Waals surface area contributed by atoms with Crippen molar-refractivity contribution < 1.29 is 4.74 Å². The van der Waals surface area contributed by atoms with E-state index in [1.54, 1.807) is 6.20 Å². The van der Waals surface area contributed by atoms with Gasteiger partial charge in [-0.05, 0) is 12.5 Å². The number of anilines is 2. The van der Waals surface area contributed by atoms with Gasteiger partial charge in [-0.2, -0.15) is 10.1 Å². The number of nitrogens with zero attached hydrogens (tertiary/aromatic N) is 3. The van der Waals surface area contributed by atoms with Crippen LogP contribution in [-0.2, 0) is 4.74 Å². The van der Waals surface area contributed by atoms with Crippen LogP contribution < -0.4 is 11.5 Å². The molecule has 0 aliphatic carbocycles. The van der Waals surface area contributed by atoms with Crippen molar-refractivity contribution in [2.45, 2.75) is 12.3 Å². The van der Waals surface area contributed by atoms with Crippen molar-refractivity contribution in [3.8, 4) is 11.3 Å². The highest BCUT2D eigenvalue weighted by Gasteiger charge is 2.20. The number of aromatic nitrogens is 4. The molecule has 3 heterocycles. The van der Waals surface area contributed by atoms with Gasteiger partial charge in [0.1, 0.15) is 5.82 Å². The van der Waals surface area contributed by atoms with E-state index in [9.17, 15) is 0 Å². The normalized spacial score (nSPS) is 19.2. The summed E-state index contributed by atoms with van der Waals surface area (Å²) in [6, 6.07) is 1.96. The molecule has 3 rings (SSSR count). The minimum absolute atomic E-state index is 0.163. The first kappa shape index (κ1) is 11.0. The molecule has 0 amide bonds. The van der Waals surface area contributed by atoms with Gasteiger partial charge in [-0.15, -0.1) is 0 Å². The van der Waals surface area contributed by atoms with Crippen molar-refractivity contribution in [1.29, 1.82) is 0 Å². The van der Waals surface area contributed by atoms with Gasteiger partial charge in [-0.3, -0.25) is 5.10 Å². The second kappa shape index (κ2) is 4.26. The molecule has 5 N–H and O–H groups in total. The quantitative estimate of drug-likeness (QED) is 0.712. The lowest BCUT2D eigenvalue weighted by molar-refractivity contribution is 0.193. The van der Waals surface area contributed by atoms with Crippen LogP contribution in [-0.4, -0.2) is 33.4 Å². The second-order valence-corrected chi connectivity index (χ2v) is 4.30. The van der Waals surface area contributed by atoms with E-state index in [0.717, 1.165) is 31.0 Å². The molecule has 1 unspecified atom stereocenters. The van der Waals surface area contributed by atoms with Gasteiger partial charge in [0.2, 0.25) is 5.95 Å². The molecule has 1 atom stereocenters. The highest BCUT2D eigenvalue weighted by atomic mass is 16.5. The van der Waals surface area contributed by atoms with Crippen molar-refractivity contribution in [1.82, 2.24) is 20.2 Å². The Bertz CT molecular complexity index is 560. The van der Waals surface area contributed by atoms with Crippen molar-refractivity contribution in [3.05, 3.63) is 18.0 Å². The molecule has 1 fully saturated rings. The smallest absolute Gasteiger partial charge is 0.221 e. The van der Waals surface area contributed by atoms with Crippen LogP contribution in [0, 0.1) is 0 Å². The third-order valence-corrected chi connectivity index (χ3v) is 3.08. The second-order valence-electron chi connectivity index (χ2n) is 4.30. The molecule has 1 aliphatic rings. The van der Waals surface area contributed by atoms with E-state index < -0.39 is 0 Å². The van der Waals surface area contributed by atoms with Crippen LogP contribution in [0.1, 0.15) is 18.0 Å². The molecule has 2 aromatic rings. The fourth-order valence-electron chi connectivity index (χ4n) is 2.07. The van der Waals surface area contributed by atoms with E-state index in [0.29, 0.717) is 17.3 Å². The van der Waals surface area contributed by atoms with Gasteiger partial charge in [0.25, 0.3) is 0 Å². The first-order valence-corrected chi connectivity index (χ1v) is 5.75. The molecular weight excluding hydrogens is 232 g/mol. The van der Waals surface area contributed by atoms with Gasteiger partial charge in [0, 0.05) is 24.4 Å². The van der Waals surface area contributed by atoms with E-state index >= 15 is 0 Å². The maximum atomic E-state index is 5.81. The van der Waals surface area contributed by atoms with Crippen LogP contribution >= 0.6 is 0 Å². The lowest BCUT2D eigenvalue weighted by Crippen LogP contribution is -2.01. The number of hydrogen-bond donors (Lipinski definition) is 3. The Morgan fingerprint density at radius 1 is 1.39 bits per heavy atom.